The Labute approximate surface area is 102 Å². The Bertz CT molecular complexity index is 612. The van der Waals surface area contributed by atoms with Gasteiger partial charge in [-0.1, -0.05) is 6.07 Å². The minimum absolute atomic E-state index is 0.0325. The predicted octanol–water partition coefficient (Wildman–Crippen LogP) is 1.84. The number of hydrogen-bond donors (Lipinski definition) is 0. The summed E-state index contributed by atoms with van der Waals surface area (Å²) >= 11 is 5.87. The number of halogens is 2. The van der Waals surface area contributed by atoms with E-state index >= 15 is 0 Å². The fourth-order valence-electron chi connectivity index (χ4n) is 1.57. The molecule has 0 atom stereocenters. The van der Waals surface area contributed by atoms with E-state index in [0.717, 1.165) is 0 Å². The predicted molar refractivity (Wildman–Crippen MR) is 62.8 cm³/mol. The molecule has 0 aliphatic carbocycles. The molecule has 0 aliphatic heterocycles. The van der Waals surface area contributed by atoms with Crippen LogP contribution in [0.15, 0.2) is 23.0 Å². The summed E-state index contributed by atoms with van der Waals surface area (Å²) in [6.45, 7) is 0.548. The lowest BCUT2D eigenvalue weighted by Crippen LogP contribution is -2.24. The van der Waals surface area contributed by atoms with Gasteiger partial charge in [0.2, 0.25) is 5.28 Å². The monoisotopic (exact) mass is 256 g/mol. The topological polar surface area (TPSA) is 44.1 Å². The van der Waals surface area contributed by atoms with Gasteiger partial charge < -0.3 is 4.74 Å². The zero-order chi connectivity index (χ0) is 12.4. The van der Waals surface area contributed by atoms with Gasteiger partial charge in [-0.15, -0.1) is 0 Å². The number of methoxy groups -OCH3 is 1. The standard InChI is InChI=1S/C11H10ClFN2O2/c1-17-6-5-15-10(16)9-7(13)3-2-4-8(9)14-11(15)12/h2-4H,5-6H2,1H3. The summed E-state index contributed by atoms with van der Waals surface area (Å²) in [5.74, 6) is -0.595. The van der Waals surface area contributed by atoms with E-state index < -0.39 is 11.4 Å². The molecule has 0 N–H and O–H groups in total. The van der Waals surface area contributed by atoms with Gasteiger partial charge in [-0.2, -0.15) is 0 Å². The zero-order valence-electron chi connectivity index (χ0n) is 9.11. The van der Waals surface area contributed by atoms with E-state index in [-0.39, 0.29) is 22.7 Å². The Hall–Kier alpha value is -1.46. The number of rotatable bonds is 3. The van der Waals surface area contributed by atoms with Gasteiger partial charge in [0.1, 0.15) is 11.2 Å². The largest absolute Gasteiger partial charge is 0.383 e. The lowest BCUT2D eigenvalue weighted by molar-refractivity contribution is 0.186. The van der Waals surface area contributed by atoms with Gasteiger partial charge in [-0.3, -0.25) is 9.36 Å². The Morgan fingerprint density at radius 3 is 3.00 bits per heavy atom. The van der Waals surface area contributed by atoms with Crippen LogP contribution in [0.1, 0.15) is 0 Å². The van der Waals surface area contributed by atoms with Crippen molar-refractivity contribution in [1.29, 1.82) is 0 Å². The third-order valence-electron chi connectivity index (χ3n) is 2.41. The molecule has 0 fully saturated rings. The summed E-state index contributed by atoms with van der Waals surface area (Å²) in [4.78, 5) is 16.0. The Morgan fingerprint density at radius 1 is 1.53 bits per heavy atom. The maximum absolute atomic E-state index is 13.6. The van der Waals surface area contributed by atoms with Gasteiger partial charge in [0, 0.05) is 7.11 Å². The fourth-order valence-corrected chi connectivity index (χ4v) is 1.82. The molecule has 0 unspecified atom stereocenters. The number of ether oxygens (including phenoxy) is 1. The molecule has 0 radical (unpaired) electrons. The number of benzene rings is 1. The molecule has 1 aromatic heterocycles. The molecule has 2 aromatic rings. The number of aromatic nitrogens is 2. The van der Waals surface area contributed by atoms with Crippen molar-refractivity contribution in [2.75, 3.05) is 13.7 Å². The Balaban J connectivity index is 2.70. The zero-order valence-corrected chi connectivity index (χ0v) is 9.87. The van der Waals surface area contributed by atoms with Crippen molar-refractivity contribution < 1.29 is 9.13 Å². The molecule has 0 aliphatic rings. The fraction of sp³-hybridized carbons (Fsp3) is 0.273. The molecule has 2 rings (SSSR count). The van der Waals surface area contributed by atoms with Crippen LogP contribution in [0.4, 0.5) is 4.39 Å². The first kappa shape index (κ1) is 12.0. The van der Waals surface area contributed by atoms with Crippen molar-refractivity contribution in [2.24, 2.45) is 0 Å². The Morgan fingerprint density at radius 2 is 2.29 bits per heavy atom. The van der Waals surface area contributed by atoms with E-state index in [4.69, 9.17) is 16.3 Å². The van der Waals surface area contributed by atoms with E-state index in [1.54, 1.807) is 6.07 Å². The van der Waals surface area contributed by atoms with Gasteiger partial charge >= 0.3 is 0 Å². The van der Waals surface area contributed by atoms with Crippen molar-refractivity contribution >= 4 is 22.5 Å². The lowest BCUT2D eigenvalue weighted by atomic mass is 10.2. The first-order valence-corrected chi connectivity index (χ1v) is 5.36. The van der Waals surface area contributed by atoms with Gasteiger partial charge in [-0.25, -0.2) is 9.37 Å². The van der Waals surface area contributed by atoms with Gasteiger partial charge in [0.15, 0.2) is 0 Å². The third kappa shape index (κ3) is 2.16. The molecule has 0 saturated heterocycles. The average molecular weight is 257 g/mol. The number of nitrogens with zero attached hydrogens (tertiary/aromatic N) is 2. The second kappa shape index (κ2) is 4.81. The van der Waals surface area contributed by atoms with E-state index in [1.165, 1.54) is 23.8 Å². The van der Waals surface area contributed by atoms with E-state index in [0.29, 0.717) is 6.61 Å². The van der Waals surface area contributed by atoms with Crippen LogP contribution in [0.2, 0.25) is 5.28 Å². The molecule has 0 amide bonds. The third-order valence-corrected chi connectivity index (χ3v) is 2.69. The molecule has 17 heavy (non-hydrogen) atoms. The highest BCUT2D eigenvalue weighted by Crippen LogP contribution is 2.14. The maximum Gasteiger partial charge on any atom is 0.265 e. The minimum Gasteiger partial charge on any atom is -0.383 e. The number of fused-ring (bicyclic) bond motifs is 1. The number of hydrogen-bond acceptors (Lipinski definition) is 3. The smallest absolute Gasteiger partial charge is 0.265 e. The minimum atomic E-state index is -0.595. The normalized spacial score (nSPS) is 11.0. The van der Waals surface area contributed by atoms with Gasteiger partial charge in [-0.05, 0) is 23.7 Å². The first-order valence-electron chi connectivity index (χ1n) is 4.98. The van der Waals surface area contributed by atoms with Crippen LogP contribution in [-0.2, 0) is 11.3 Å². The molecule has 1 aromatic carbocycles. The van der Waals surface area contributed by atoms with Crippen LogP contribution in [0.3, 0.4) is 0 Å². The van der Waals surface area contributed by atoms with Crippen LogP contribution in [0.25, 0.3) is 10.9 Å². The summed E-state index contributed by atoms with van der Waals surface area (Å²) in [7, 11) is 1.51. The van der Waals surface area contributed by atoms with Crippen LogP contribution in [-0.4, -0.2) is 23.3 Å². The lowest BCUT2D eigenvalue weighted by Gasteiger charge is -2.08. The van der Waals surface area contributed by atoms with Crippen LogP contribution in [0, 0.1) is 5.82 Å². The summed E-state index contributed by atoms with van der Waals surface area (Å²) < 4.78 is 19.6. The molecular weight excluding hydrogens is 247 g/mol. The van der Waals surface area contributed by atoms with Gasteiger partial charge in [0.25, 0.3) is 5.56 Å². The second-order valence-electron chi connectivity index (χ2n) is 3.46. The van der Waals surface area contributed by atoms with Crippen molar-refractivity contribution in [3.05, 3.63) is 39.7 Å². The van der Waals surface area contributed by atoms with Crippen molar-refractivity contribution in [2.45, 2.75) is 6.54 Å². The van der Waals surface area contributed by atoms with Crippen LogP contribution in [0.5, 0.6) is 0 Å². The molecule has 6 heteroatoms. The molecule has 4 nitrogen and oxygen atoms in total. The molecule has 0 bridgehead atoms. The van der Waals surface area contributed by atoms with Crippen molar-refractivity contribution in [1.82, 2.24) is 9.55 Å². The summed E-state index contributed by atoms with van der Waals surface area (Å²) in [6.07, 6.45) is 0. The highest BCUT2D eigenvalue weighted by molar-refractivity contribution is 6.28. The van der Waals surface area contributed by atoms with Crippen molar-refractivity contribution in [3.63, 3.8) is 0 Å². The van der Waals surface area contributed by atoms with Gasteiger partial charge in [0.05, 0.1) is 18.7 Å². The first-order chi connectivity index (χ1) is 8.15. The van der Waals surface area contributed by atoms with Crippen LogP contribution >= 0.6 is 11.6 Å². The van der Waals surface area contributed by atoms with E-state index in [9.17, 15) is 9.18 Å². The highest BCUT2D eigenvalue weighted by Gasteiger charge is 2.12. The molecule has 90 valence electrons. The summed E-state index contributed by atoms with van der Waals surface area (Å²) in [5.41, 5.74) is -0.233. The molecule has 0 spiro atoms. The SMILES string of the molecule is COCCn1c(Cl)nc2cccc(F)c2c1=O. The molecule has 1 heterocycles. The average Bonchev–Trinajstić information content (AvgIpc) is 2.28. The summed E-state index contributed by atoms with van der Waals surface area (Å²) in [6, 6.07) is 4.26. The quantitative estimate of drug-likeness (QED) is 0.787. The molecular formula is C11H10ClFN2O2. The maximum atomic E-state index is 13.6. The second-order valence-corrected chi connectivity index (χ2v) is 3.80. The summed E-state index contributed by atoms with van der Waals surface area (Å²) in [5, 5.41) is -0.0156. The highest BCUT2D eigenvalue weighted by atomic mass is 35.5. The van der Waals surface area contributed by atoms with Crippen LogP contribution < -0.4 is 5.56 Å². The Kier molecular flexibility index (Phi) is 3.40. The van der Waals surface area contributed by atoms with E-state index in [1.807, 2.05) is 0 Å². The molecule has 0 saturated carbocycles. The van der Waals surface area contributed by atoms with Crippen molar-refractivity contribution in [3.8, 4) is 0 Å². The van der Waals surface area contributed by atoms with E-state index in [2.05, 4.69) is 4.98 Å².